The Kier molecular flexibility index (Phi) is 5.17. The van der Waals surface area contributed by atoms with E-state index in [2.05, 4.69) is 37.7 Å². The molecule has 11 heteroatoms. The summed E-state index contributed by atoms with van der Waals surface area (Å²) in [4.78, 5) is 10.00. The molecule has 1 unspecified atom stereocenters. The molecular formula is C17H10Cl2F3IN4O. The molecule has 0 radical (unpaired) electrons. The van der Waals surface area contributed by atoms with Gasteiger partial charge in [0.15, 0.2) is 0 Å². The smallest absolute Gasteiger partial charge is 0.337 e. The number of allylic oxidation sites excluding steroid dienone is 2. The molecule has 0 aliphatic carbocycles. The fraction of sp³-hybridized carbons (Fsp3) is 0.235. The first-order chi connectivity index (χ1) is 13.3. The maximum Gasteiger partial charge on any atom is 0.417 e. The van der Waals surface area contributed by atoms with Gasteiger partial charge in [0, 0.05) is 16.2 Å². The number of aromatic nitrogens is 2. The number of fused-ring (bicyclic) bond motifs is 1. The minimum atomic E-state index is -4.50. The van der Waals surface area contributed by atoms with Crippen LogP contribution in [0.1, 0.15) is 17.5 Å². The molecule has 0 saturated carbocycles. The van der Waals surface area contributed by atoms with Crippen LogP contribution in [-0.4, -0.2) is 33.6 Å². The Morgan fingerprint density at radius 2 is 2.07 bits per heavy atom. The van der Waals surface area contributed by atoms with E-state index in [0.29, 0.717) is 16.4 Å². The lowest BCUT2D eigenvalue weighted by molar-refractivity contribution is -0.0891. The highest BCUT2D eigenvalue weighted by Gasteiger charge is 2.39. The van der Waals surface area contributed by atoms with E-state index < -0.39 is 17.8 Å². The van der Waals surface area contributed by atoms with Crippen LogP contribution in [0.5, 0.6) is 0 Å². The number of amidine groups is 1. The molecule has 5 nitrogen and oxygen atoms in total. The minimum Gasteiger partial charge on any atom is -0.337 e. The van der Waals surface area contributed by atoms with Crippen molar-refractivity contribution < 1.29 is 17.7 Å². The highest BCUT2D eigenvalue weighted by Crippen LogP contribution is 2.37. The Labute approximate surface area is 181 Å². The van der Waals surface area contributed by atoms with Crippen LogP contribution in [-0.2, 0) is 4.43 Å². The van der Waals surface area contributed by atoms with Gasteiger partial charge >= 0.3 is 6.18 Å². The average Bonchev–Trinajstić information content (AvgIpc) is 3.27. The van der Waals surface area contributed by atoms with E-state index in [4.69, 9.17) is 27.7 Å². The zero-order chi connectivity index (χ0) is 20.1. The Balaban J connectivity index is 1.60. The molecule has 0 saturated heterocycles. The fourth-order valence-corrected chi connectivity index (χ4v) is 3.88. The molecule has 146 valence electrons. The van der Waals surface area contributed by atoms with Crippen molar-refractivity contribution in [3.63, 3.8) is 0 Å². The highest BCUT2D eigenvalue weighted by molar-refractivity contribution is 14.1. The van der Waals surface area contributed by atoms with Gasteiger partial charge < -0.3 is 9.42 Å². The van der Waals surface area contributed by atoms with Gasteiger partial charge in [-0.2, -0.15) is 18.2 Å². The molecule has 28 heavy (non-hydrogen) atoms. The van der Waals surface area contributed by atoms with Crippen molar-refractivity contribution in [2.45, 2.75) is 16.6 Å². The van der Waals surface area contributed by atoms with Crippen molar-refractivity contribution in [3.8, 4) is 11.4 Å². The fourth-order valence-electron chi connectivity index (χ4n) is 2.85. The largest absolute Gasteiger partial charge is 0.417 e. The molecule has 2 aromatic rings. The number of rotatable bonds is 3. The van der Waals surface area contributed by atoms with Crippen molar-refractivity contribution >= 4 is 51.6 Å². The van der Waals surface area contributed by atoms with Crippen LogP contribution in [0.4, 0.5) is 13.2 Å². The molecule has 1 atom stereocenters. The Morgan fingerprint density at radius 3 is 2.75 bits per heavy atom. The molecule has 1 aromatic heterocycles. The topological polar surface area (TPSA) is 54.5 Å². The second-order valence-corrected chi connectivity index (χ2v) is 7.68. The predicted octanol–water partition coefficient (Wildman–Crippen LogP) is 5.66. The molecule has 0 bridgehead atoms. The summed E-state index contributed by atoms with van der Waals surface area (Å²) in [5, 5.41) is 4.33. The van der Waals surface area contributed by atoms with E-state index in [-0.39, 0.29) is 23.3 Å². The van der Waals surface area contributed by atoms with Crippen molar-refractivity contribution in [2.75, 3.05) is 6.54 Å². The molecule has 0 fully saturated rings. The summed E-state index contributed by atoms with van der Waals surface area (Å²) in [6.07, 6.45) is -2.67. The number of nitrogens with zero attached hydrogens (tertiary/aromatic N) is 4. The first-order valence-electron chi connectivity index (χ1n) is 7.95. The molecule has 2 aliphatic heterocycles. The Hall–Kier alpha value is -1.59. The quantitative estimate of drug-likeness (QED) is 0.372. The first-order valence-corrected chi connectivity index (χ1v) is 10.2. The van der Waals surface area contributed by atoms with Crippen LogP contribution in [0.3, 0.4) is 0 Å². The summed E-state index contributed by atoms with van der Waals surface area (Å²) in [5.41, 5.74) is 0.821. The number of aliphatic imine (C=N–C) groups is 1. The van der Waals surface area contributed by atoms with Gasteiger partial charge in [-0.25, -0.2) is 0 Å². The van der Waals surface area contributed by atoms with Gasteiger partial charge in [0.25, 0.3) is 5.89 Å². The lowest BCUT2D eigenvalue weighted by Crippen LogP contribution is -2.28. The van der Waals surface area contributed by atoms with Crippen molar-refractivity contribution in [1.82, 2.24) is 15.0 Å². The normalized spacial score (nSPS) is 19.3. The minimum absolute atomic E-state index is 0.0884. The van der Waals surface area contributed by atoms with Crippen molar-refractivity contribution in [3.05, 3.63) is 57.6 Å². The van der Waals surface area contributed by atoms with E-state index >= 15 is 0 Å². The lowest BCUT2D eigenvalue weighted by atomic mass is 10.1. The molecular weight excluding hydrogens is 531 g/mol. The van der Waals surface area contributed by atoms with Crippen LogP contribution in [0.25, 0.3) is 11.4 Å². The van der Waals surface area contributed by atoms with E-state index in [9.17, 15) is 13.2 Å². The molecule has 2 aliphatic rings. The monoisotopic (exact) mass is 540 g/mol. The van der Waals surface area contributed by atoms with Crippen molar-refractivity contribution in [2.24, 2.45) is 4.99 Å². The second-order valence-electron chi connectivity index (χ2n) is 6.10. The van der Waals surface area contributed by atoms with Gasteiger partial charge in [-0.05, 0) is 23.8 Å². The van der Waals surface area contributed by atoms with Gasteiger partial charge in [0.2, 0.25) is 5.82 Å². The maximum absolute atomic E-state index is 13.0. The molecule has 3 heterocycles. The number of benzene rings is 1. The summed E-state index contributed by atoms with van der Waals surface area (Å²) in [6, 6.07) is 4.90. The van der Waals surface area contributed by atoms with Crippen LogP contribution in [0, 0.1) is 0 Å². The van der Waals surface area contributed by atoms with Crippen LogP contribution in [0.15, 0.2) is 50.6 Å². The van der Waals surface area contributed by atoms with E-state index in [1.807, 2.05) is 12.1 Å². The van der Waals surface area contributed by atoms with Gasteiger partial charge in [-0.15, -0.1) is 0 Å². The first kappa shape index (κ1) is 19.7. The molecule has 0 N–H and O–H groups in total. The van der Waals surface area contributed by atoms with Gasteiger partial charge in [-0.1, -0.05) is 57.0 Å². The third kappa shape index (κ3) is 3.67. The molecule has 1 aromatic carbocycles. The lowest BCUT2D eigenvalue weighted by Gasteiger charge is -2.22. The third-order valence-electron chi connectivity index (χ3n) is 4.19. The van der Waals surface area contributed by atoms with Gasteiger partial charge in [0.1, 0.15) is 11.9 Å². The van der Waals surface area contributed by atoms with Crippen LogP contribution < -0.4 is 0 Å². The summed E-state index contributed by atoms with van der Waals surface area (Å²) in [5.74, 6) is 0.708. The molecule has 0 spiro atoms. The van der Waals surface area contributed by atoms with Crippen LogP contribution in [0.2, 0.25) is 5.02 Å². The Bertz CT molecular complexity index is 1030. The number of alkyl halides is 4. The summed E-state index contributed by atoms with van der Waals surface area (Å²) < 4.78 is 45.1. The SMILES string of the molecule is FC(F)(F)C1=CN2CC(c3nc(-c4ccc(CI)cc4Cl)no3)N=C2C(Cl)=C1. The summed E-state index contributed by atoms with van der Waals surface area (Å²) in [7, 11) is 0. The third-order valence-corrected chi connectivity index (χ3v) is 5.67. The van der Waals surface area contributed by atoms with Crippen molar-refractivity contribution in [1.29, 1.82) is 0 Å². The maximum atomic E-state index is 13.0. The molecule has 0 amide bonds. The zero-order valence-electron chi connectivity index (χ0n) is 13.8. The molecule has 4 rings (SSSR count). The highest BCUT2D eigenvalue weighted by atomic mass is 127. The van der Waals surface area contributed by atoms with E-state index in [1.54, 1.807) is 6.07 Å². The van der Waals surface area contributed by atoms with Crippen LogP contribution >= 0.6 is 45.8 Å². The van der Waals surface area contributed by atoms with E-state index in [0.717, 1.165) is 22.3 Å². The predicted molar refractivity (Wildman–Crippen MR) is 107 cm³/mol. The van der Waals surface area contributed by atoms with Gasteiger partial charge in [-0.3, -0.25) is 4.99 Å². The number of hydrogen-bond donors (Lipinski definition) is 0. The summed E-state index contributed by atoms with van der Waals surface area (Å²) >= 11 is 14.5. The zero-order valence-corrected chi connectivity index (χ0v) is 17.5. The van der Waals surface area contributed by atoms with Gasteiger partial charge in [0.05, 0.1) is 22.2 Å². The summed E-state index contributed by atoms with van der Waals surface area (Å²) in [6.45, 7) is 0.113. The second kappa shape index (κ2) is 7.34. The van der Waals surface area contributed by atoms with E-state index in [1.165, 1.54) is 4.90 Å². The standard InChI is InChI=1S/C17H10Cl2F3IN4O/c18-11-3-8(5-23)1-2-10(11)14-25-16(28-26-14)13-7-27-6-9(17(20,21)22)4-12(19)15(27)24-13/h1-4,6,13H,5,7H2. The number of hydrogen-bond acceptors (Lipinski definition) is 5. The number of halogens is 6. The average molecular weight is 541 g/mol. The Morgan fingerprint density at radius 1 is 1.29 bits per heavy atom.